The number of halogens is 2. The molecule has 9 heteroatoms. The summed E-state index contributed by atoms with van der Waals surface area (Å²) in [6.07, 6.45) is 0. The van der Waals surface area contributed by atoms with Crippen LogP contribution in [-0.2, 0) is 11.3 Å². The van der Waals surface area contributed by atoms with Crippen molar-refractivity contribution >= 4 is 39.2 Å². The third-order valence-electron chi connectivity index (χ3n) is 4.35. The molecule has 0 spiro atoms. The second-order valence-electron chi connectivity index (χ2n) is 6.36. The summed E-state index contributed by atoms with van der Waals surface area (Å²) in [6, 6.07) is 12.1. The fourth-order valence-corrected chi connectivity index (χ4v) is 4.56. The summed E-state index contributed by atoms with van der Waals surface area (Å²) in [7, 11) is 0. The van der Waals surface area contributed by atoms with Gasteiger partial charge >= 0.3 is 0 Å². The molecule has 0 fully saturated rings. The van der Waals surface area contributed by atoms with Gasteiger partial charge < -0.3 is 10.3 Å². The lowest BCUT2D eigenvalue weighted by molar-refractivity contribution is -0.118. The van der Waals surface area contributed by atoms with Gasteiger partial charge in [0.2, 0.25) is 5.91 Å². The molecule has 0 saturated carbocycles. The van der Waals surface area contributed by atoms with Crippen molar-refractivity contribution in [2.24, 2.45) is 0 Å². The van der Waals surface area contributed by atoms with Gasteiger partial charge in [0.1, 0.15) is 16.5 Å². The highest BCUT2D eigenvalue weighted by molar-refractivity contribution is 7.99. The molecule has 0 saturated heterocycles. The van der Waals surface area contributed by atoms with E-state index in [1.807, 2.05) is 0 Å². The molecule has 0 unspecified atom stereocenters. The molecular weight excluding hydrogens is 428 g/mol. The summed E-state index contributed by atoms with van der Waals surface area (Å²) in [5, 5.41) is 5.20. The van der Waals surface area contributed by atoms with Crippen molar-refractivity contribution in [3.05, 3.63) is 81.5 Å². The third-order valence-corrected chi connectivity index (χ3v) is 6.10. The number of carbonyl (C=O) groups is 1. The minimum atomic E-state index is -0.378. The number of thiophene rings is 1. The maximum atomic E-state index is 13.6. The second kappa shape index (κ2) is 8.76. The molecule has 0 bridgehead atoms. The number of carbonyl (C=O) groups excluding carboxylic acids is 1. The number of benzene rings is 2. The van der Waals surface area contributed by atoms with Crippen LogP contribution in [0.1, 0.15) is 5.56 Å². The molecule has 2 heterocycles. The number of nitrogens with zero attached hydrogens (tertiary/aromatic N) is 1. The number of fused-ring (bicyclic) bond motifs is 1. The lowest BCUT2D eigenvalue weighted by Gasteiger charge is -2.06. The van der Waals surface area contributed by atoms with Crippen molar-refractivity contribution in [3.63, 3.8) is 0 Å². The van der Waals surface area contributed by atoms with Crippen molar-refractivity contribution in [1.29, 1.82) is 0 Å². The standard InChI is InChI=1S/C21H15F2N3O2S2/c22-14-7-5-12(6-8-14)15-10-29-20-18(15)19(28)25-21(26-20)30-11-17(27)24-9-13-3-1-2-4-16(13)23/h1-8,10H,9,11H2,(H,24,27)(H,25,26,28). The molecule has 0 radical (unpaired) electrons. The van der Waals surface area contributed by atoms with Crippen LogP contribution in [0.25, 0.3) is 21.3 Å². The maximum absolute atomic E-state index is 13.6. The van der Waals surface area contributed by atoms with Crippen LogP contribution in [0.5, 0.6) is 0 Å². The second-order valence-corrected chi connectivity index (χ2v) is 8.19. The molecule has 0 aliphatic rings. The van der Waals surface area contributed by atoms with E-state index < -0.39 is 0 Å². The molecule has 152 valence electrons. The number of hydrogen-bond donors (Lipinski definition) is 2. The Morgan fingerprint density at radius 3 is 2.67 bits per heavy atom. The Balaban J connectivity index is 1.45. The van der Waals surface area contributed by atoms with E-state index in [0.717, 1.165) is 17.3 Å². The molecule has 2 N–H and O–H groups in total. The van der Waals surface area contributed by atoms with Crippen LogP contribution < -0.4 is 10.9 Å². The highest BCUT2D eigenvalue weighted by atomic mass is 32.2. The zero-order valence-corrected chi connectivity index (χ0v) is 17.1. The predicted molar refractivity (Wildman–Crippen MR) is 115 cm³/mol. The third kappa shape index (κ3) is 4.42. The Labute approximate surface area is 178 Å². The zero-order valence-electron chi connectivity index (χ0n) is 15.4. The number of H-pyrrole nitrogens is 1. The monoisotopic (exact) mass is 443 g/mol. The van der Waals surface area contributed by atoms with Gasteiger partial charge in [0, 0.05) is 23.1 Å². The average molecular weight is 444 g/mol. The van der Waals surface area contributed by atoms with E-state index in [2.05, 4.69) is 15.3 Å². The highest BCUT2D eigenvalue weighted by Gasteiger charge is 2.14. The topological polar surface area (TPSA) is 74.8 Å². The van der Waals surface area contributed by atoms with Crippen LogP contribution >= 0.6 is 23.1 Å². The number of hydrogen-bond acceptors (Lipinski definition) is 5. The summed E-state index contributed by atoms with van der Waals surface area (Å²) in [5.41, 5.74) is 1.48. The number of aromatic amines is 1. The minimum absolute atomic E-state index is 0.0269. The Bertz CT molecular complexity index is 1270. The lowest BCUT2D eigenvalue weighted by atomic mass is 10.1. The summed E-state index contributed by atoms with van der Waals surface area (Å²) in [4.78, 5) is 32.3. The highest BCUT2D eigenvalue weighted by Crippen LogP contribution is 2.31. The number of nitrogens with one attached hydrogen (secondary N) is 2. The van der Waals surface area contributed by atoms with E-state index in [9.17, 15) is 18.4 Å². The van der Waals surface area contributed by atoms with Crippen molar-refractivity contribution in [1.82, 2.24) is 15.3 Å². The van der Waals surface area contributed by atoms with Crippen LogP contribution in [0.2, 0.25) is 0 Å². The van der Waals surface area contributed by atoms with Gasteiger partial charge in [0.15, 0.2) is 5.16 Å². The number of amides is 1. The summed E-state index contributed by atoms with van der Waals surface area (Å²) >= 11 is 2.39. The SMILES string of the molecule is O=C(CSc1nc2scc(-c3ccc(F)cc3)c2c(=O)[nH]1)NCc1ccccc1F. The molecule has 2 aromatic heterocycles. The summed E-state index contributed by atoms with van der Waals surface area (Å²) in [6.45, 7) is 0.0843. The summed E-state index contributed by atoms with van der Waals surface area (Å²) < 4.78 is 26.8. The predicted octanol–water partition coefficient (Wildman–Crippen LogP) is 4.34. The van der Waals surface area contributed by atoms with E-state index >= 15 is 0 Å². The van der Waals surface area contributed by atoms with Crippen molar-refractivity contribution in [2.45, 2.75) is 11.7 Å². The van der Waals surface area contributed by atoms with E-state index in [1.165, 1.54) is 29.5 Å². The Morgan fingerprint density at radius 2 is 1.90 bits per heavy atom. The van der Waals surface area contributed by atoms with E-state index in [4.69, 9.17) is 0 Å². The van der Waals surface area contributed by atoms with Crippen LogP contribution in [0.15, 0.2) is 63.9 Å². The van der Waals surface area contributed by atoms with Crippen molar-refractivity contribution < 1.29 is 13.6 Å². The Morgan fingerprint density at radius 1 is 1.13 bits per heavy atom. The first-order valence-electron chi connectivity index (χ1n) is 8.91. The smallest absolute Gasteiger partial charge is 0.260 e. The van der Waals surface area contributed by atoms with Gasteiger partial charge in [-0.1, -0.05) is 42.1 Å². The van der Waals surface area contributed by atoms with E-state index in [-0.39, 0.29) is 35.4 Å². The van der Waals surface area contributed by atoms with E-state index in [0.29, 0.717) is 26.5 Å². The first-order chi connectivity index (χ1) is 14.5. The minimum Gasteiger partial charge on any atom is -0.351 e. The molecule has 0 aliphatic heterocycles. The van der Waals surface area contributed by atoms with Crippen LogP contribution in [0, 0.1) is 11.6 Å². The normalized spacial score (nSPS) is 11.0. The van der Waals surface area contributed by atoms with E-state index in [1.54, 1.807) is 35.7 Å². The fourth-order valence-electron chi connectivity index (χ4n) is 2.86. The molecule has 2 aromatic carbocycles. The Hall–Kier alpha value is -3.04. The van der Waals surface area contributed by atoms with Gasteiger partial charge in [-0.25, -0.2) is 13.8 Å². The molecule has 4 aromatic rings. The molecule has 30 heavy (non-hydrogen) atoms. The number of aromatic nitrogens is 2. The van der Waals surface area contributed by atoms with Crippen LogP contribution in [-0.4, -0.2) is 21.6 Å². The van der Waals surface area contributed by atoms with Crippen LogP contribution in [0.4, 0.5) is 8.78 Å². The fraction of sp³-hybridized carbons (Fsp3) is 0.0952. The van der Waals surface area contributed by atoms with Crippen molar-refractivity contribution in [2.75, 3.05) is 5.75 Å². The van der Waals surface area contributed by atoms with Gasteiger partial charge in [0.25, 0.3) is 5.56 Å². The van der Waals surface area contributed by atoms with Gasteiger partial charge in [-0.2, -0.15) is 0 Å². The number of rotatable bonds is 6. The molecular formula is C21H15F2N3O2S2. The molecule has 0 aliphatic carbocycles. The average Bonchev–Trinajstić information content (AvgIpc) is 3.17. The first-order valence-corrected chi connectivity index (χ1v) is 10.8. The number of thioether (sulfide) groups is 1. The molecule has 4 rings (SSSR count). The van der Waals surface area contributed by atoms with Crippen LogP contribution in [0.3, 0.4) is 0 Å². The largest absolute Gasteiger partial charge is 0.351 e. The lowest BCUT2D eigenvalue weighted by Crippen LogP contribution is -2.25. The van der Waals surface area contributed by atoms with Gasteiger partial charge in [-0.05, 0) is 23.8 Å². The maximum Gasteiger partial charge on any atom is 0.260 e. The molecule has 0 atom stereocenters. The molecule has 5 nitrogen and oxygen atoms in total. The molecule has 1 amide bonds. The quantitative estimate of drug-likeness (QED) is 0.343. The zero-order chi connectivity index (χ0) is 21.1. The van der Waals surface area contributed by atoms with Gasteiger partial charge in [-0.3, -0.25) is 9.59 Å². The van der Waals surface area contributed by atoms with Gasteiger partial charge in [-0.15, -0.1) is 11.3 Å². The van der Waals surface area contributed by atoms with Gasteiger partial charge in [0.05, 0.1) is 11.1 Å². The first kappa shape index (κ1) is 20.2. The summed E-state index contributed by atoms with van der Waals surface area (Å²) in [5.74, 6) is -1.00. The van der Waals surface area contributed by atoms with Crippen molar-refractivity contribution in [3.8, 4) is 11.1 Å². The Kier molecular flexibility index (Phi) is 5.91.